The molecule has 0 aliphatic carbocycles. The fourth-order valence-electron chi connectivity index (χ4n) is 2.01. The highest BCUT2D eigenvalue weighted by Crippen LogP contribution is 2.23. The van der Waals surface area contributed by atoms with E-state index in [-0.39, 0.29) is 6.04 Å². The summed E-state index contributed by atoms with van der Waals surface area (Å²) in [6, 6.07) is 10.6. The van der Waals surface area contributed by atoms with E-state index in [9.17, 15) is 0 Å². The minimum Gasteiger partial charge on any atom is -0.271 e. The van der Waals surface area contributed by atoms with E-state index in [4.69, 9.17) is 5.84 Å². The van der Waals surface area contributed by atoms with Gasteiger partial charge in [0.2, 0.25) is 0 Å². The molecule has 0 bridgehead atoms. The Labute approximate surface area is 132 Å². The van der Waals surface area contributed by atoms with Gasteiger partial charge in [0.15, 0.2) is 0 Å². The van der Waals surface area contributed by atoms with Crippen molar-refractivity contribution in [1.29, 1.82) is 0 Å². The van der Waals surface area contributed by atoms with Gasteiger partial charge in [-0.15, -0.1) is 11.8 Å². The van der Waals surface area contributed by atoms with Gasteiger partial charge in [-0.25, -0.2) is 0 Å². The van der Waals surface area contributed by atoms with Gasteiger partial charge in [-0.05, 0) is 35.0 Å². The molecule has 108 valence electrons. The van der Waals surface area contributed by atoms with Crippen molar-refractivity contribution in [2.45, 2.75) is 24.3 Å². The SMILES string of the molecule is Cc1nn(C)c(CC(CSc2ccccc2)NN)c1Br. The van der Waals surface area contributed by atoms with Gasteiger partial charge >= 0.3 is 0 Å². The summed E-state index contributed by atoms with van der Waals surface area (Å²) < 4.78 is 2.99. The van der Waals surface area contributed by atoms with E-state index in [1.807, 2.05) is 36.9 Å². The van der Waals surface area contributed by atoms with Crippen molar-refractivity contribution in [2.24, 2.45) is 12.9 Å². The molecule has 6 heteroatoms. The van der Waals surface area contributed by atoms with Crippen molar-refractivity contribution in [3.63, 3.8) is 0 Å². The normalized spacial score (nSPS) is 12.6. The molecule has 2 rings (SSSR count). The van der Waals surface area contributed by atoms with E-state index in [0.717, 1.165) is 22.3 Å². The van der Waals surface area contributed by atoms with Crippen molar-refractivity contribution >= 4 is 27.7 Å². The lowest BCUT2D eigenvalue weighted by Crippen LogP contribution is -2.39. The molecule has 0 aliphatic rings. The molecule has 1 heterocycles. The summed E-state index contributed by atoms with van der Waals surface area (Å²) in [7, 11) is 1.96. The summed E-state index contributed by atoms with van der Waals surface area (Å²) in [5.74, 6) is 6.60. The van der Waals surface area contributed by atoms with Crippen molar-refractivity contribution in [2.75, 3.05) is 5.75 Å². The molecule has 4 nitrogen and oxygen atoms in total. The molecular formula is C14H19BrN4S. The van der Waals surface area contributed by atoms with E-state index in [2.05, 4.69) is 38.6 Å². The van der Waals surface area contributed by atoms with E-state index in [0.29, 0.717) is 0 Å². The number of nitrogens with zero attached hydrogens (tertiary/aromatic N) is 2. The molecular weight excluding hydrogens is 336 g/mol. The third-order valence-electron chi connectivity index (χ3n) is 3.13. The van der Waals surface area contributed by atoms with Crippen LogP contribution < -0.4 is 11.3 Å². The average molecular weight is 355 g/mol. The summed E-state index contributed by atoms with van der Waals surface area (Å²) in [6.07, 6.45) is 0.842. The fraction of sp³-hybridized carbons (Fsp3) is 0.357. The number of hydrazine groups is 1. The molecule has 0 saturated carbocycles. The van der Waals surface area contributed by atoms with Gasteiger partial charge in [0.25, 0.3) is 0 Å². The molecule has 0 radical (unpaired) electrons. The second-order valence-corrected chi connectivity index (χ2v) is 6.55. The second-order valence-electron chi connectivity index (χ2n) is 4.66. The van der Waals surface area contributed by atoms with Crippen LogP contribution in [0, 0.1) is 6.92 Å². The van der Waals surface area contributed by atoms with Crippen LogP contribution in [0.25, 0.3) is 0 Å². The second kappa shape index (κ2) is 7.26. The Morgan fingerprint density at radius 2 is 2.10 bits per heavy atom. The van der Waals surface area contributed by atoms with Crippen molar-refractivity contribution in [3.8, 4) is 0 Å². The molecule has 1 unspecified atom stereocenters. The fourth-order valence-corrected chi connectivity index (χ4v) is 3.47. The summed E-state index contributed by atoms with van der Waals surface area (Å²) in [5, 5.41) is 4.41. The zero-order valence-corrected chi connectivity index (χ0v) is 14.0. The van der Waals surface area contributed by atoms with Crippen LogP contribution in [0.5, 0.6) is 0 Å². The predicted octanol–water partition coefficient (Wildman–Crippen LogP) is 2.66. The van der Waals surface area contributed by atoms with Crippen LogP contribution in [-0.4, -0.2) is 21.6 Å². The van der Waals surface area contributed by atoms with Crippen LogP contribution in [0.4, 0.5) is 0 Å². The van der Waals surface area contributed by atoms with Crippen LogP contribution in [0.2, 0.25) is 0 Å². The van der Waals surface area contributed by atoms with Crippen molar-refractivity contribution < 1.29 is 0 Å². The molecule has 1 aromatic heterocycles. The Balaban J connectivity index is 1.99. The minimum atomic E-state index is 0.200. The van der Waals surface area contributed by atoms with Gasteiger partial charge in [-0.3, -0.25) is 16.0 Å². The number of benzene rings is 1. The summed E-state index contributed by atoms with van der Waals surface area (Å²) in [6.45, 7) is 2.00. The number of halogens is 1. The molecule has 20 heavy (non-hydrogen) atoms. The van der Waals surface area contributed by atoms with Gasteiger partial charge in [0.1, 0.15) is 0 Å². The highest BCUT2D eigenvalue weighted by atomic mass is 79.9. The highest BCUT2D eigenvalue weighted by Gasteiger charge is 2.16. The highest BCUT2D eigenvalue weighted by molar-refractivity contribution is 9.10. The first kappa shape index (κ1) is 15.6. The lowest BCUT2D eigenvalue weighted by Gasteiger charge is -2.16. The maximum Gasteiger partial charge on any atom is 0.0738 e. The lowest BCUT2D eigenvalue weighted by atomic mass is 10.2. The monoisotopic (exact) mass is 354 g/mol. The number of nitrogens with one attached hydrogen (secondary N) is 1. The first-order chi connectivity index (χ1) is 9.61. The van der Waals surface area contributed by atoms with Gasteiger partial charge in [-0.1, -0.05) is 18.2 Å². The number of hydrogen-bond acceptors (Lipinski definition) is 4. The summed E-state index contributed by atoms with van der Waals surface area (Å²) in [4.78, 5) is 1.26. The van der Waals surface area contributed by atoms with E-state index >= 15 is 0 Å². The van der Waals surface area contributed by atoms with Crippen LogP contribution in [0.3, 0.4) is 0 Å². The number of aromatic nitrogens is 2. The zero-order valence-electron chi connectivity index (χ0n) is 11.6. The average Bonchev–Trinajstić information content (AvgIpc) is 2.70. The van der Waals surface area contributed by atoms with E-state index in [1.54, 1.807) is 11.8 Å². The van der Waals surface area contributed by atoms with Crippen LogP contribution in [0.15, 0.2) is 39.7 Å². The number of rotatable bonds is 6. The van der Waals surface area contributed by atoms with Crippen molar-refractivity contribution in [3.05, 3.63) is 46.2 Å². The smallest absolute Gasteiger partial charge is 0.0738 e. The van der Waals surface area contributed by atoms with E-state index in [1.165, 1.54) is 10.6 Å². The number of hydrogen-bond donors (Lipinski definition) is 2. The summed E-state index contributed by atoms with van der Waals surface area (Å²) in [5.41, 5.74) is 5.08. The Kier molecular flexibility index (Phi) is 5.65. The first-order valence-electron chi connectivity index (χ1n) is 6.43. The predicted molar refractivity (Wildman–Crippen MR) is 87.6 cm³/mol. The van der Waals surface area contributed by atoms with E-state index < -0.39 is 0 Å². The Morgan fingerprint density at radius 1 is 1.40 bits per heavy atom. The number of nitrogens with two attached hydrogens (primary N) is 1. The van der Waals surface area contributed by atoms with Gasteiger partial charge in [-0.2, -0.15) is 5.10 Å². The molecule has 0 amide bonds. The molecule has 1 atom stereocenters. The molecule has 0 spiro atoms. The van der Waals surface area contributed by atoms with Gasteiger partial charge in [0, 0.05) is 30.2 Å². The topological polar surface area (TPSA) is 55.9 Å². The minimum absolute atomic E-state index is 0.200. The Bertz CT molecular complexity index is 556. The first-order valence-corrected chi connectivity index (χ1v) is 8.21. The van der Waals surface area contributed by atoms with Crippen LogP contribution in [-0.2, 0) is 13.5 Å². The molecule has 0 aliphatic heterocycles. The summed E-state index contributed by atoms with van der Waals surface area (Å²) >= 11 is 5.40. The quantitative estimate of drug-likeness (QED) is 0.475. The van der Waals surface area contributed by atoms with Gasteiger partial charge in [0.05, 0.1) is 15.9 Å². The number of aryl methyl sites for hydroxylation is 2. The third kappa shape index (κ3) is 3.85. The Morgan fingerprint density at radius 3 is 2.65 bits per heavy atom. The molecule has 3 N–H and O–H groups in total. The Hall–Kier alpha value is -0.820. The molecule has 2 aromatic rings. The zero-order chi connectivity index (χ0) is 14.5. The number of thioether (sulfide) groups is 1. The molecule has 1 aromatic carbocycles. The lowest BCUT2D eigenvalue weighted by molar-refractivity contribution is 0.550. The van der Waals surface area contributed by atoms with Gasteiger partial charge < -0.3 is 0 Å². The third-order valence-corrected chi connectivity index (χ3v) is 5.34. The van der Waals surface area contributed by atoms with Crippen LogP contribution in [0.1, 0.15) is 11.4 Å². The maximum atomic E-state index is 5.68. The largest absolute Gasteiger partial charge is 0.271 e. The standard InChI is InChI=1S/C14H19BrN4S/c1-10-14(15)13(19(2)18-10)8-11(17-16)9-20-12-6-4-3-5-7-12/h3-7,11,17H,8-9,16H2,1-2H3. The molecule has 0 saturated heterocycles. The van der Waals surface area contributed by atoms with Crippen molar-refractivity contribution in [1.82, 2.24) is 15.2 Å². The van der Waals surface area contributed by atoms with Crippen LogP contribution >= 0.6 is 27.7 Å². The maximum absolute atomic E-state index is 5.68. The molecule has 0 fully saturated rings.